The van der Waals surface area contributed by atoms with Crippen LogP contribution in [0.3, 0.4) is 0 Å². The molecule has 12 nitrogen and oxygen atoms in total. The van der Waals surface area contributed by atoms with Gasteiger partial charge in [-0.15, -0.1) is 0 Å². The van der Waals surface area contributed by atoms with Gasteiger partial charge >= 0.3 is 0 Å². The minimum Gasteiger partial charge on any atom is -0.388 e. The number of rotatable bonds is 10. The zero-order chi connectivity index (χ0) is 25.8. The first-order chi connectivity index (χ1) is 16.7. The molecule has 206 valence electrons. The molecule has 1 aliphatic carbocycles. The van der Waals surface area contributed by atoms with Gasteiger partial charge in [0, 0.05) is 18.6 Å². The first-order valence-corrected chi connectivity index (χ1v) is 12.7. The predicted molar refractivity (Wildman–Crippen MR) is 130 cm³/mol. The largest absolute Gasteiger partial charge is 0.388 e. The van der Waals surface area contributed by atoms with Gasteiger partial charge in [-0.05, 0) is 61.4 Å². The van der Waals surface area contributed by atoms with Gasteiger partial charge in [-0.25, -0.2) is 0 Å². The van der Waals surface area contributed by atoms with Crippen LogP contribution in [0.5, 0.6) is 0 Å². The molecule has 1 saturated carbocycles. The van der Waals surface area contributed by atoms with Crippen LogP contribution < -0.4 is 26.6 Å². The van der Waals surface area contributed by atoms with Crippen molar-refractivity contribution in [1.82, 2.24) is 26.6 Å². The second kappa shape index (κ2) is 12.9. The van der Waals surface area contributed by atoms with Crippen molar-refractivity contribution in [1.29, 1.82) is 0 Å². The molecule has 0 amide bonds. The van der Waals surface area contributed by atoms with Crippen LogP contribution in [0.25, 0.3) is 0 Å². The van der Waals surface area contributed by atoms with Gasteiger partial charge in [-0.2, -0.15) is 0 Å². The molecule has 2 aliphatic heterocycles. The van der Waals surface area contributed by atoms with E-state index in [1.54, 1.807) is 14.0 Å². The Morgan fingerprint density at radius 1 is 0.829 bits per heavy atom. The Balaban J connectivity index is 1.76. The van der Waals surface area contributed by atoms with E-state index in [0.29, 0.717) is 6.42 Å². The van der Waals surface area contributed by atoms with E-state index in [-0.39, 0.29) is 30.8 Å². The summed E-state index contributed by atoms with van der Waals surface area (Å²) in [7, 11) is 9.10. The quantitative estimate of drug-likeness (QED) is 0.153. The number of hydrogen-bond acceptors (Lipinski definition) is 12. The fourth-order valence-corrected chi connectivity index (χ4v) is 5.63. The summed E-state index contributed by atoms with van der Waals surface area (Å²) in [6.45, 7) is 2.31. The third-order valence-corrected chi connectivity index (χ3v) is 7.70. The van der Waals surface area contributed by atoms with Crippen molar-refractivity contribution in [2.24, 2.45) is 0 Å². The minimum absolute atomic E-state index is 0.00341. The van der Waals surface area contributed by atoms with E-state index in [1.807, 2.05) is 28.2 Å². The topological polar surface area (TPSA) is 158 Å². The van der Waals surface area contributed by atoms with Crippen LogP contribution in [0.1, 0.15) is 26.2 Å². The molecule has 2 heterocycles. The molecule has 3 rings (SSSR count). The van der Waals surface area contributed by atoms with Crippen LogP contribution in [0.4, 0.5) is 0 Å². The lowest BCUT2D eigenvalue weighted by Crippen LogP contribution is -2.69. The van der Waals surface area contributed by atoms with Crippen molar-refractivity contribution in [2.75, 3.05) is 48.4 Å². The highest BCUT2D eigenvalue weighted by molar-refractivity contribution is 5.03. The third-order valence-electron chi connectivity index (χ3n) is 7.70. The monoisotopic (exact) mass is 505 g/mol. The van der Waals surface area contributed by atoms with Gasteiger partial charge in [-0.3, -0.25) is 0 Å². The summed E-state index contributed by atoms with van der Waals surface area (Å²) in [4.78, 5) is 0. The summed E-state index contributed by atoms with van der Waals surface area (Å²) in [5, 5.41) is 48.8. The highest BCUT2D eigenvalue weighted by Gasteiger charge is 2.51. The molecule has 0 aromatic carbocycles. The standard InChI is InChI=1S/C23H47N5O7/c1-23(31)11-32-22(17(30)20(23)28-6)35-19-15(27-5)9-14(26-4)18(16(19)29)34-21-13(25-3)8-7-12(33-21)10-24-2/h12-22,24-31H,7-11H2,1-6H3/t12-,13?,14?,15-,16+,17-,18+,19-,20+,21-,22-,23+/m1/s1. The fourth-order valence-electron chi connectivity index (χ4n) is 5.63. The molecule has 12 heteroatoms. The molecule has 8 N–H and O–H groups in total. The van der Waals surface area contributed by atoms with Crippen molar-refractivity contribution >= 4 is 0 Å². The van der Waals surface area contributed by atoms with Crippen molar-refractivity contribution in [3.8, 4) is 0 Å². The Kier molecular flexibility index (Phi) is 10.7. The van der Waals surface area contributed by atoms with E-state index in [2.05, 4.69) is 26.6 Å². The molecule has 2 saturated heterocycles. The van der Waals surface area contributed by atoms with Gasteiger partial charge in [0.1, 0.15) is 30.0 Å². The van der Waals surface area contributed by atoms with E-state index in [4.69, 9.17) is 18.9 Å². The van der Waals surface area contributed by atoms with E-state index in [1.165, 1.54) is 0 Å². The Labute approximate surface area is 208 Å². The summed E-state index contributed by atoms with van der Waals surface area (Å²) in [6, 6.07) is -1.03. The number of aliphatic hydroxyl groups excluding tert-OH is 2. The average Bonchev–Trinajstić information content (AvgIpc) is 2.83. The predicted octanol–water partition coefficient (Wildman–Crippen LogP) is -2.93. The Bertz CT molecular complexity index is 647. The van der Waals surface area contributed by atoms with Gasteiger partial charge in [0.25, 0.3) is 0 Å². The molecule has 0 radical (unpaired) electrons. The maximum atomic E-state index is 11.5. The number of aliphatic hydroxyl groups is 3. The molecular weight excluding hydrogens is 458 g/mol. The van der Waals surface area contributed by atoms with E-state index in [0.717, 1.165) is 19.4 Å². The molecule has 0 bridgehead atoms. The number of likely N-dealkylation sites (N-methyl/N-ethyl adjacent to an activating group) is 5. The van der Waals surface area contributed by atoms with Crippen molar-refractivity contribution in [3.63, 3.8) is 0 Å². The normalized spacial score (nSPS) is 47.1. The zero-order valence-corrected chi connectivity index (χ0v) is 21.9. The van der Waals surface area contributed by atoms with Crippen LogP contribution in [0, 0.1) is 0 Å². The zero-order valence-electron chi connectivity index (χ0n) is 21.9. The van der Waals surface area contributed by atoms with Crippen LogP contribution in [0.15, 0.2) is 0 Å². The summed E-state index contributed by atoms with van der Waals surface area (Å²) in [5.74, 6) is 0. The Hall–Kier alpha value is -0.480. The number of hydrogen-bond donors (Lipinski definition) is 8. The van der Waals surface area contributed by atoms with E-state index < -0.39 is 48.6 Å². The first-order valence-electron chi connectivity index (χ1n) is 12.7. The van der Waals surface area contributed by atoms with Gasteiger partial charge in [0.05, 0.1) is 24.8 Å². The van der Waals surface area contributed by atoms with Crippen LogP contribution in [-0.4, -0.2) is 137 Å². The highest BCUT2D eigenvalue weighted by atomic mass is 16.7. The van der Waals surface area contributed by atoms with Gasteiger partial charge < -0.3 is 60.9 Å². The van der Waals surface area contributed by atoms with E-state index in [9.17, 15) is 15.3 Å². The van der Waals surface area contributed by atoms with Gasteiger partial charge in [-0.1, -0.05) is 0 Å². The molecule has 3 fully saturated rings. The lowest BCUT2D eigenvalue weighted by molar-refractivity contribution is -0.309. The summed E-state index contributed by atoms with van der Waals surface area (Å²) < 4.78 is 24.6. The van der Waals surface area contributed by atoms with Gasteiger partial charge in [0.2, 0.25) is 0 Å². The van der Waals surface area contributed by atoms with Crippen molar-refractivity contribution < 1.29 is 34.3 Å². The molecule has 12 atom stereocenters. The molecule has 0 spiro atoms. The maximum absolute atomic E-state index is 11.5. The third kappa shape index (κ3) is 6.51. The Morgan fingerprint density at radius 2 is 1.43 bits per heavy atom. The van der Waals surface area contributed by atoms with Crippen LogP contribution >= 0.6 is 0 Å². The molecule has 0 aromatic rings. The van der Waals surface area contributed by atoms with Crippen molar-refractivity contribution in [2.45, 2.75) is 99.1 Å². The molecular formula is C23H47N5O7. The van der Waals surface area contributed by atoms with E-state index >= 15 is 0 Å². The Morgan fingerprint density at radius 3 is 1.97 bits per heavy atom. The fraction of sp³-hybridized carbons (Fsp3) is 1.00. The highest BCUT2D eigenvalue weighted by Crippen LogP contribution is 2.32. The summed E-state index contributed by atoms with van der Waals surface area (Å²) >= 11 is 0. The maximum Gasteiger partial charge on any atom is 0.185 e. The molecule has 35 heavy (non-hydrogen) atoms. The smallest absolute Gasteiger partial charge is 0.185 e. The first kappa shape index (κ1) is 29.1. The van der Waals surface area contributed by atoms with Crippen LogP contribution in [-0.2, 0) is 18.9 Å². The molecule has 2 unspecified atom stereocenters. The summed E-state index contributed by atoms with van der Waals surface area (Å²) in [5.41, 5.74) is -1.26. The average molecular weight is 506 g/mol. The lowest BCUT2D eigenvalue weighted by atomic mass is 9.83. The minimum atomic E-state index is -1.26. The number of ether oxygens (including phenoxy) is 4. The van der Waals surface area contributed by atoms with Crippen molar-refractivity contribution in [3.05, 3.63) is 0 Å². The second-order valence-electron chi connectivity index (χ2n) is 10.2. The molecule has 3 aliphatic rings. The second-order valence-corrected chi connectivity index (χ2v) is 10.2. The van der Waals surface area contributed by atoms with Gasteiger partial charge in [0.15, 0.2) is 12.6 Å². The lowest BCUT2D eigenvalue weighted by Gasteiger charge is -2.49. The van der Waals surface area contributed by atoms with Crippen LogP contribution in [0.2, 0.25) is 0 Å². The number of nitrogens with one attached hydrogen (secondary N) is 5. The molecule has 0 aromatic heterocycles. The summed E-state index contributed by atoms with van der Waals surface area (Å²) in [6.07, 6.45) is -2.61. The SMILES string of the molecule is CNC[C@H]1CCC(NC)[C@@H](O[C@H]2C(NC)C[C@@H](NC)[C@@H](O[C@H]3OC[C@](C)(O)[C@@H](NC)[C@H]3O)[C@H]2O)O1.